The summed E-state index contributed by atoms with van der Waals surface area (Å²) in [6, 6.07) is 21.8. The molecule has 0 bridgehead atoms. The fourth-order valence-corrected chi connectivity index (χ4v) is 3.27. The van der Waals surface area contributed by atoms with Gasteiger partial charge in [-0.2, -0.15) is 0 Å². The Hall–Kier alpha value is -3.67. The lowest BCUT2D eigenvalue weighted by atomic mass is 10.0. The van der Waals surface area contributed by atoms with E-state index in [1.807, 2.05) is 37.3 Å². The number of carbonyl (C=O) groups is 1. The number of rotatable bonds is 8. The van der Waals surface area contributed by atoms with E-state index >= 15 is 0 Å². The van der Waals surface area contributed by atoms with Crippen molar-refractivity contribution in [2.75, 3.05) is 6.54 Å². The van der Waals surface area contributed by atoms with Crippen molar-refractivity contribution in [3.63, 3.8) is 0 Å². The van der Waals surface area contributed by atoms with Crippen LogP contribution in [0.25, 0.3) is 22.8 Å². The third kappa shape index (κ3) is 4.66. The minimum atomic E-state index is 0.0297. The maximum Gasteiger partial charge on any atom is 0.283 e. The van der Waals surface area contributed by atoms with E-state index in [9.17, 15) is 4.79 Å². The van der Waals surface area contributed by atoms with Gasteiger partial charge in [-0.05, 0) is 35.2 Å². The normalized spacial score (nSPS) is 10.8. The van der Waals surface area contributed by atoms with Crippen molar-refractivity contribution in [2.45, 2.75) is 26.3 Å². The standard InChI is InChI=1S/C24H23N3O3/c1-2-14-27(17-22-25-26-24(30-22)21-9-6-15-29-21)23(28)16-18-10-12-20(13-11-18)19-7-4-3-5-8-19/h3-13,15H,2,14,16-17H2,1H3. The molecule has 0 aliphatic heterocycles. The highest BCUT2D eigenvalue weighted by Gasteiger charge is 2.18. The lowest BCUT2D eigenvalue weighted by Gasteiger charge is -2.20. The zero-order chi connectivity index (χ0) is 20.8. The number of amides is 1. The van der Waals surface area contributed by atoms with Crippen LogP contribution in [-0.2, 0) is 17.8 Å². The van der Waals surface area contributed by atoms with Crippen molar-refractivity contribution in [2.24, 2.45) is 0 Å². The lowest BCUT2D eigenvalue weighted by molar-refractivity contribution is -0.131. The molecule has 6 heteroatoms. The molecule has 0 unspecified atom stereocenters. The highest BCUT2D eigenvalue weighted by atomic mass is 16.4. The first-order chi connectivity index (χ1) is 14.7. The van der Waals surface area contributed by atoms with E-state index in [-0.39, 0.29) is 12.5 Å². The summed E-state index contributed by atoms with van der Waals surface area (Å²) in [5, 5.41) is 8.06. The fourth-order valence-electron chi connectivity index (χ4n) is 3.27. The predicted octanol–water partition coefficient (Wildman–Crippen LogP) is 4.98. The molecule has 0 aliphatic carbocycles. The van der Waals surface area contributed by atoms with E-state index in [2.05, 4.69) is 34.5 Å². The molecular formula is C24H23N3O3. The lowest BCUT2D eigenvalue weighted by Crippen LogP contribution is -2.32. The molecule has 0 spiro atoms. The molecule has 0 fully saturated rings. The Balaban J connectivity index is 1.42. The molecule has 2 aromatic carbocycles. The van der Waals surface area contributed by atoms with Crippen LogP contribution in [0.5, 0.6) is 0 Å². The van der Waals surface area contributed by atoms with Crippen LogP contribution >= 0.6 is 0 Å². The fraction of sp³-hybridized carbons (Fsp3) is 0.208. The number of aromatic nitrogens is 2. The summed E-state index contributed by atoms with van der Waals surface area (Å²) < 4.78 is 10.9. The quantitative estimate of drug-likeness (QED) is 0.416. The number of carbonyl (C=O) groups excluding carboxylic acids is 1. The van der Waals surface area contributed by atoms with Crippen LogP contribution in [0.15, 0.2) is 81.8 Å². The molecule has 152 valence electrons. The van der Waals surface area contributed by atoms with E-state index in [0.29, 0.717) is 30.5 Å². The van der Waals surface area contributed by atoms with Crippen molar-refractivity contribution in [1.29, 1.82) is 0 Å². The van der Waals surface area contributed by atoms with Gasteiger partial charge >= 0.3 is 0 Å². The zero-order valence-electron chi connectivity index (χ0n) is 16.8. The van der Waals surface area contributed by atoms with Crippen molar-refractivity contribution in [3.8, 4) is 22.8 Å². The van der Waals surface area contributed by atoms with Gasteiger partial charge in [0, 0.05) is 6.54 Å². The van der Waals surface area contributed by atoms with Gasteiger partial charge in [0.05, 0.1) is 19.2 Å². The Morgan fingerprint density at radius 2 is 1.70 bits per heavy atom. The largest absolute Gasteiger partial charge is 0.459 e. The monoisotopic (exact) mass is 401 g/mol. The van der Waals surface area contributed by atoms with Gasteiger partial charge in [0.1, 0.15) is 0 Å². The summed E-state index contributed by atoms with van der Waals surface area (Å²) in [6.07, 6.45) is 2.72. The Morgan fingerprint density at radius 3 is 2.40 bits per heavy atom. The van der Waals surface area contributed by atoms with Crippen LogP contribution < -0.4 is 0 Å². The molecule has 0 atom stereocenters. The number of hydrogen-bond acceptors (Lipinski definition) is 5. The van der Waals surface area contributed by atoms with E-state index < -0.39 is 0 Å². The molecule has 2 aromatic heterocycles. The van der Waals surface area contributed by atoms with Gasteiger partial charge in [0.15, 0.2) is 5.76 Å². The first-order valence-electron chi connectivity index (χ1n) is 10.0. The van der Waals surface area contributed by atoms with Crippen LogP contribution in [0.2, 0.25) is 0 Å². The molecule has 30 heavy (non-hydrogen) atoms. The first-order valence-corrected chi connectivity index (χ1v) is 10.0. The molecule has 0 saturated heterocycles. The summed E-state index contributed by atoms with van der Waals surface area (Å²) in [5.74, 6) is 1.25. The van der Waals surface area contributed by atoms with Crippen molar-refractivity contribution in [1.82, 2.24) is 15.1 Å². The van der Waals surface area contributed by atoms with Gasteiger partial charge < -0.3 is 13.7 Å². The topological polar surface area (TPSA) is 72.4 Å². The Labute approximate surface area is 175 Å². The highest BCUT2D eigenvalue weighted by molar-refractivity contribution is 5.79. The molecule has 6 nitrogen and oxygen atoms in total. The zero-order valence-corrected chi connectivity index (χ0v) is 16.8. The van der Waals surface area contributed by atoms with E-state index in [1.54, 1.807) is 23.3 Å². The van der Waals surface area contributed by atoms with Crippen LogP contribution in [0.1, 0.15) is 24.8 Å². The van der Waals surface area contributed by atoms with Crippen molar-refractivity contribution in [3.05, 3.63) is 84.4 Å². The van der Waals surface area contributed by atoms with E-state index in [0.717, 1.165) is 23.1 Å². The van der Waals surface area contributed by atoms with Crippen LogP contribution in [0.4, 0.5) is 0 Å². The Morgan fingerprint density at radius 1 is 0.933 bits per heavy atom. The van der Waals surface area contributed by atoms with Gasteiger partial charge in [-0.15, -0.1) is 10.2 Å². The van der Waals surface area contributed by atoms with Gasteiger partial charge in [0.25, 0.3) is 5.89 Å². The molecule has 0 aliphatic rings. The molecule has 0 radical (unpaired) electrons. The predicted molar refractivity (Wildman–Crippen MR) is 113 cm³/mol. The summed E-state index contributed by atoms with van der Waals surface area (Å²) in [4.78, 5) is 14.7. The van der Waals surface area contributed by atoms with E-state index in [1.165, 1.54) is 0 Å². The summed E-state index contributed by atoms with van der Waals surface area (Å²) >= 11 is 0. The maximum atomic E-state index is 12.9. The van der Waals surface area contributed by atoms with Crippen molar-refractivity contribution < 1.29 is 13.6 Å². The Bertz CT molecular complexity index is 1070. The van der Waals surface area contributed by atoms with Crippen LogP contribution in [-0.4, -0.2) is 27.5 Å². The number of nitrogens with zero attached hydrogens (tertiary/aromatic N) is 3. The average Bonchev–Trinajstić information content (AvgIpc) is 3.47. The minimum absolute atomic E-state index is 0.0297. The molecular weight excluding hydrogens is 378 g/mol. The SMILES string of the molecule is CCCN(Cc1nnc(-c2ccco2)o1)C(=O)Cc1ccc(-c2ccccc2)cc1. The third-order valence-electron chi connectivity index (χ3n) is 4.79. The smallest absolute Gasteiger partial charge is 0.283 e. The minimum Gasteiger partial charge on any atom is -0.459 e. The molecule has 2 heterocycles. The number of hydrogen-bond donors (Lipinski definition) is 0. The molecule has 4 rings (SSSR count). The van der Waals surface area contributed by atoms with E-state index in [4.69, 9.17) is 8.83 Å². The highest BCUT2D eigenvalue weighted by Crippen LogP contribution is 2.21. The van der Waals surface area contributed by atoms with Gasteiger partial charge in [-0.1, -0.05) is 61.5 Å². The summed E-state index contributed by atoms with van der Waals surface area (Å²) in [7, 11) is 0. The second-order valence-electron chi connectivity index (χ2n) is 7.03. The van der Waals surface area contributed by atoms with Gasteiger partial charge in [-0.3, -0.25) is 4.79 Å². The average molecular weight is 401 g/mol. The molecule has 1 amide bonds. The molecule has 4 aromatic rings. The Kier molecular flexibility index (Phi) is 6.03. The molecule has 0 saturated carbocycles. The molecule has 0 N–H and O–H groups in total. The number of furan rings is 1. The van der Waals surface area contributed by atoms with Gasteiger partial charge in [-0.25, -0.2) is 0 Å². The third-order valence-corrected chi connectivity index (χ3v) is 4.79. The second kappa shape index (κ2) is 9.22. The number of benzene rings is 2. The van der Waals surface area contributed by atoms with Crippen molar-refractivity contribution >= 4 is 5.91 Å². The van der Waals surface area contributed by atoms with Gasteiger partial charge in [0.2, 0.25) is 11.8 Å². The summed E-state index contributed by atoms with van der Waals surface area (Å²) in [6.45, 7) is 2.94. The summed E-state index contributed by atoms with van der Waals surface area (Å²) in [5.41, 5.74) is 3.27. The maximum absolute atomic E-state index is 12.9. The first kappa shape index (κ1) is 19.6. The van der Waals surface area contributed by atoms with Crippen LogP contribution in [0, 0.1) is 0 Å². The second-order valence-corrected chi connectivity index (χ2v) is 7.03. The van der Waals surface area contributed by atoms with Crippen LogP contribution in [0.3, 0.4) is 0 Å².